The fourth-order valence-electron chi connectivity index (χ4n) is 4.93. The zero-order valence-corrected chi connectivity index (χ0v) is 26.7. The van der Waals surface area contributed by atoms with Crippen molar-refractivity contribution in [3.05, 3.63) is 60.1 Å². The van der Waals surface area contributed by atoms with Gasteiger partial charge in [0.2, 0.25) is 0 Å². The third-order valence-electron chi connectivity index (χ3n) is 7.43. The predicted molar refractivity (Wildman–Crippen MR) is 174 cm³/mol. The van der Waals surface area contributed by atoms with Crippen LogP contribution in [0.4, 0.5) is 0 Å². The van der Waals surface area contributed by atoms with Crippen molar-refractivity contribution in [3.63, 3.8) is 0 Å². The summed E-state index contributed by atoms with van der Waals surface area (Å²) in [5, 5.41) is 0. The van der Waals surface area contributed by atoms with Crippen LogP contribution in [0.3, 0.4) is 0 Å². The van der Waals surface area contributed by atoms with Crippen LogP contribution in [0, 0.1) is 0 Å². The van der Waals surface area contributed by atoms with Crippen LogP contribution >= 0.6 is 0 Å². The van der Waals surface area contributed by atoms with Crippen LogP contribution in [0.15, 0.2) is 57.4 Å². The van der Waals surface area contributed by atoms with Crippen LogP contribution in [0.5, 0.6) is 11.9 Å². The molecule has 0 saturated heterocycles. The molecule has 2 aromatic heterocycles. The lowest BCUT2D eigenvalue weighted by molar-refractivity contribution is 0.0965. The van der Waals surface area contributed by atoms with E-state index < -0.39 is 0 Å². The van der Waals surface area contributed by atoms with E-state index in [-0.39, 0.29) is 17.3 Å². The zero-order chi connectivity index (χ0) is 29.9. The summed E-state index contributed by atoms with van der Waals surface area (Å²) in [6.45, 7) is 5.56. The summed E-state index contributed by atoms with van der Waals surface area (Å²) in [6, 6.07) is 6.69. The second-order valence-corrected chi connectivity index (χ2v) is 11.3. The molecule has 42 heavy (non-hydrogen) atoms. The van der Waals surface area contributed by atoms with E-state index in [1.807, 2.05) is 0 Å². The molecule has 2 rings (SSSR count). The molecule has 236 valence electrons. The summed E-state index contributed by atoms with van der Waals surface area (Å²) in [6.07, 6.45) is 33.8. The Morgan fingerprint density at radius 2 is 0.881 bits per heavy atom. The van der Waals surface area contributed by atoms with E-state index in [0.29, 0.717) is 25.1 Å². The zero-order valence-electron chi connectivity index (χ0n) is 26.7. The van der Waals surface area contributed by atoms with E-state index in [4.69, 9.17) is 18.3 Å². The quantitative estimate of drug-likeness (QED) is 0.0567. The number of rotatable bonds is 28. The summed E-state index contributed by atoms with van der Waals surface area (Å²) in [4.78, 5) is 12.7. The Labute approximate surface area is 256 Å². The van der Waals surface area contributed by atoms with Crippen LogP contribution in [0.25, 0.3) is 0 Å². The molecule has 0 unspecified atom stereocenters. The normalized spacial score (nSPS) is 11.7. The molecule has 0 spiro atoms. The number of ether oxygens (including phenoxy) is 2. The number of ketones is 1. The maximum Gasteiger partial charge on any atom is 0.284 e. The number of hydrogen-bond donors (Lipinski definition) is 0. The van der Waals surface area contributed by atoms with Crippen molar-refractivity contribution in [2.24, 2.45) is 0 Å². The van der Waals surface area contributed by atoms with Gasteiger partial charge in [-0.1, -0.05) is 115 Å². The summed E-state index contributed by atoms with van der Waals surface area (Å²) in [7, 11) is 0. The Morgan fingerprint density at radius 3 is 1.26 bits per heavy atom. The van der Waals surface area contributed by atoms with Gasteiger partial charge in [0, 0.05) is 12.1 Å². The van der Waals surface area contributed by atoms with Crippen molar-refractivity contribution in [1.82, 2.24) is 0 Å². The van der Waals surface area contributed by atoms with Gasteiger partial charge in [-0.15, -0.1) is 0 Å². The predicted octanol–water partition coefficient (Wildman–Crippen LogP) is 11.8. The monoisotopic (exact) mass is 582 g/mol. The summed E-state index contributed by atoms with van der Waals surface area (Å²) < 4.78 is 22.7. The van der Waals surface area contributed by atoms with Gasteiger partial charge in [-0.05, 0) is 63.5 Å². The van der Waals surface area contributed by atoms with E-state index in [9.17, 15) is 4.79 Å². The lowest BCUT2D eigenvalue weighted by Crippen LogP contribution is -1.99. The lowest BCUT2D eigenvalue weighted by Gasteiger charge is -2.04. The average Bonchev–Trinajstić information content (AvgIpc) is 3.68. The number of unbranched alkanes of at least 4 members (excludes halogenated alkanes) is 16. The molecular formula is C37H58O5. The van der Waals surface area contributed by atoms with Gasteiger partial charge in [0.1, 0.15) is 0 Å². The smallest absolute Gasteiger partial charge is 0.284 e. The first kappa shape index (κ1) is 35.5. The third-order valence-corrected chi connectivity index (χ3v) is 7.43. The van der Waals surface area contributed by atoms with Crippen molar-refractivity contribution in [2.75, 3.05) is 13.2 Å². The van der Waals surface area contributed by atoms with Crippen LogP contribution < -0.4 is 9.47 Å². The average molecular weight is 583 g/mol. The Morgan fingerprint density at radius 1 is 0.524 bits per heavy atom. The molecule has 0 N–H and O–H groups in total. The Kier molecular flexibility index (Phi) is 21.0. The highest BCUT2D eigenvalue weighted by atomic mass is 16.6. The van der Waals surface area contributed by atoms with Gasteiger partial charge >= 0.3 is 0 Å². The van der Waals surface area contributed by atoms with Crippen molar-refractivity contribution in [1.29, 1.82) is 0 Å². The molecule has 0 saturated carbocycles. The van der Waals surface area contributed by atoms with Crippen molar-refractivity contribution in [3.8, 4) is 11.9 Å². The van der Waals surface area contributed by atoms with E-state index >= 15 is 0 Å². The molecule has 0 aliphatic rings. The molecule has 5 nitrogen and oxygen atoms in total. The van der Waals surface area contributed by atoms with E-state index in [1.54, 1.807) is 24.3 Å². The molecule has 0 bridgehead atoms. The molecule has 0 amide bonds. The van der Waals surface area contributed by atoms with Crippen molar-refractivity contribution >= 4 is 5.78 Å². The first-order valence-corrected chi connectivity index (χ1v) is 17.0. The minimum atomic E-state index is -0.303. The minimum absolute atomic E-state index is 0.216. The van der Waals surface area contributed by atoms with Gasteiger partial charge in [-0.25, -0.2) is 0 Å². The van der Waals surface area contributed by atoms with Gasteiger partial charge in [0.15, 0.2) is 11.5 Å². The Hall–Kier alpha value is -2.69. The SMILES string of the molecule is CC/C=C/CCCCCCCCCCOc1ccc(C(=O)c2ccc(OCCCCCCCCCC/C=C/CC)o2)o1. The molecule has 0 atom stereocenters. The highest BCUT2D eigenvalue weighted by molar-refractivity contribution is 6.05. The first-order valence-electron chi connectivity index (χ1n) is 17.0. The molecule has 2 aromatic rings. The fraction of sp³-hybridized carbons (Fsp3) is 0.649. The highest BCUT2D eigenvalue weighted by Gasteiger charge is 2.18. The number of furan rings is 2. The van der Waals surface area contributed by atoms with Gasteiger partial charge in [0.25, 0.3) is 17.7 Å². The number of carbonyl (C=O) groups excluding carboxylic acids is 1. The van der Waals surface area contributed by atoms with E-state index in [2.05, 4.69) is 38.2 Å². The van der Waals surface area contributed by atoms with Gasteiger partial charge in [-0.2, -0.15) is 0 Å². The maximum absolute atomic E-state index is 12.7. The molecular weight excluding hydrogens is 524 g/mol. The summed E-state index contributed by atoms with van der Waals surface area (Å²) >= 11 is 0. The molecule has 0 aliphatic heterocycles. The first-order chi connectivity index (χ1) is 20.7. The van der Waals surface area contributed by atoms with Crippen molar-refractivity contribution in [2.45, 2.75) is 142 Å². The molecule has 0 aromatic carbocycles. The minimum Gasteiger partial charge on any atom is -0.465 e. The maximum atomic E-state index is 12.7. The van der Waals surface area contributed by atoms with E-state index in [1.165, 1.54) is 89.9 Å². The van der Waals surface area contributed by atoms with Crippen LogP contribution in [0.2, 0.25) is 0 Å². The number of hydrogen-bond acceptors (Lipinski definition) is 5. The largest absolute Gasteiger partial charge is 0.465 e. The topological polar surface area (TPSA) is 61.8 Å². The van der Waals surface area contributed by atoms with Crippen LogP contribution in [-0.2, 0) is 0 Å². The fourth-order valence-corrected chi connectivity index (χ4v) is 4.93. The lowest BCUT2D eigenvalue weighted by atomic mass is 10.1. The molecule has 2 heterocycles. The molecule has 0 radical (unpaired) electrons. The second kappa shape index (κ2) is 24.9. The van der Waals surface area contributed by atoms with Gasteiger partial charge < -0.3 is 18.3 Å². The number of allylic oxidation sites excluding steroid dienone is 4. The highest BCUT2D eigenvalue weighted by Crippen LogP contribution is 2.23. The second-order valence-electron chi connectivity index (χ2n) is 11.3. The standard InChI is InChI=1S/C37H58O5/c1-3-5-7-9-11-13-15-17-19-21-23-25-31-39-35-29-27-33(41-35)37(38)34-28-30-36(42-34)40-32-26-24-22-20-18-16-14-12-10-8-6-4-2/h5-8,27-30H,3-4,9-26,31-32H2,1-2H3/b7-5+,8-6+. The Bertz CT molecular complexity index is 890. The van der Waals surface area contributed by atoms with E-state index in [0.717, 1.165) is 38.5 Å². The van der Waals surface area contributed by atoms with Gasteiger partial charge in [-0.3, -0.25) is 4.79 Å². The van der Waals surface area contributed by atoms with Crippen molar-refractivity contribution < 1.29 is 23.1 Å². The molecule has 0 fully saturated rings. The summed E-state index contributed by atoms with van der Waals surface area (Å²) in [5.74, 6) is 0.884. The van der Waals surface area contributed by atoms with Gasteiger partial charge in [0.05, 0.1) is 13.2 Å². The van der Waals surface area contributed by atoms with Crippen LogP contribution in [-0.4, -0.2) is 19.0 Å². The number of carbonyl (C=O) groups is 1. The summed E-state index contributed by atoms with van der Waals surface area (Å²) in [5.41, 5.74) is 0. The molecule has 0 aliphatic carbocycles. The third kappa shape index (κ3) is 17.3. The molecule has 5 heteroatoms. The Balaban J connectivity index is 1.47. The van der Waals surface area contributed by atoms with Crippen LogP contribution in [0.1, 0.15) is 159 Å².